The third-order valence-electron chi connectivity index (χ3n) is 2.97. The van der Waals surface area contributed by atoms with Crippen LogP contribution in [0.5, 0.6) is 0 Å². The van der Waals surface area contributed by atoms with E-state index in [-0.39, 0.29) is 5.69 Å². The fourth-order valence-corrected chi connectivity index (χ4v) is 3.28. The third-order valence-corrected chi connectivity index (χ3v) is 4.55. The number of halogens is 3. The van der Waals surface area contributed by atoms with Gasteiger partial charge in [0.15, 0.2) is 0 Å². The first-order chi connectivity index (χ1) is 11.2. The molecule has 0 saturated carbocycles. The third kappa shape index (κ3) is 4.78. The topological polar surface area (TPSA) is 53.5 Å². The highest BCUT2D eigenvalue weighted by molar-refractivity contribution is 7.14. The van der Waals surface area contributed by atoms with Gasteiger partial charge in [0.25, 0.3) is 5.91 Å². The lowest BCUT2D eigenvalue weighted by molar-refractivity contribution is -0.146. The molecule has 24 heavy (non-hydrogen) atoms. The molecule has 0 N–H and O–H groups in total. The van der Waals surface area contributed by atoms with Crippen molar-refractivity contribution in [3.05, 3.63) is 27.9 Å². The number of carbonyl (C=O) groups is 2. The number of carbonyl (C=O) groups excluding carboxylic acids is 2. The van der Waals surface area contributed by atoms with Crippen molar-refractivity contribution in [2.75, 3.05) is 27.2 Å². The zero-order valence-electron chi connectivity index (χ0n) is 12.8. The van der Waals surface area contributed by atoms with E-state index in [4.69, 9.17) is 0 Å². The van der Waals surface area contributed by atoms with Crippen molar-refractivity contribution in [2.24, 2.45) is 0 Å². The van der Waals surface area contributed by atoms with Crippen LogP contribution in [-0.4, -0.2) is 60.0 Å². The number of hydrogen-bond donors (Lipinski definition) is 0. The molecule has 0 atom stereocenters. The lowest BCUT2D eigenvalue weighted by Crippen LogP contribution is -2.45. The predicted molar refractivity (Wildman–Crippen MR) is 86.1 cm³/mol. The molecule has 0 saturated heterocycles. The molecule has 0 bridgehead atoms. The van der Waals surface area contributed by atoms with Crippen LogP contribution in [0.1, 0.15) is 10.5 Å². The molecule has 0 fully saturated rings. The molecule has 2 aromatic rings. The van der Waals surface area contributed by atoms with Gasteiger partial charge in [-0.15, -0.1) is 11.3 Å². The summed E-state index contributed by atoms with van der Waals surface area (Å²) in [6.07, 6.45) is -4.60. The molecule has 0 spiro atoms. The van der Waals surface area contributed by atoms with Crippen LogP contribution in [0, 0.1) is 0 Å². The summed E-state index contributed by atoms with van der Waals surface area (Å²) in [5.74, 6) is -1.51. The normalized spacial score (nSPS) is 11.4. The van der Waals surface area contributed by atoms with Gasteiger partial charge < -0.3 is 9.80 Å². The van der Waals surface area contributed by atoms with E-state index in [1.54, 1.807) is 6.07 Å². The lowest BCUT2D eigenvalue weighted by atomic mass is 10.3. The van der Waals surface area contributed by atoms with Crippen LogP contribution in [0.15, 0.2) is 22.2 Å². The average Bonchev–Trinajstić information content (AvgIpc) is 3.14. The molecule has 130 valence electrons. The van der Waals surface area contributed by atoms with Crippen molar-refractivity contribution < 1.29 is 22.8 Å². The molecule has 2 heterocycles. The molecule has 2 aromatic heterocycles. The second-order valence-electron chi connectivity index (χ2n) is 5.11. The summed E-state index contributed by atoms with van der Waals surface area (Å²) < 4.78 is 38.2. The smallest absolute Gasteiger partial charge is 0.347 e. The van der Waals surface area contributed by atoms with Crippen molar-refractivity contribution in [3.8, 4) is 10.6 Å². The molecule has 0 aliphatic carbocycles. The van der Waals surface area contributed by atoms with Crippen LogP contribution in [0.4, 0.5) is 13.2 Å². The van der Waals surface area contributed by atoms with Crippen molar-refractivity contribution in [1.29, 1.82) is 0 Å². The number of amides is 2. The molecule has 0 unspecified atom stereocenters. The van der Waals surface area contributed by atoms with E-state index in [0.717, 1.165) is 10.5 Å². The van der Waals surface area contributed by atoms with Crippen LogP contribution in [0.2, 0.25) is 0 Å². The molecule has 5 nitrogen and oxygen atoms in total. The van der Waals surface area contributed by atoms with E-state index < -0.39 is 31.1 Å². The van der Waals surface area contributed by atoms with E-state index >= 15 is 0 Å². The van der Waals surface area contributed by atoms with Crippen LogP contribution < -0.4 is 0 Å². The molecule has 0 aliphatic heterocycles. The Morgan fingerprint density at radius 2 is 1.96 bits per heavy atom. The zero-order valence-corrected chi connectivity index (χ0v) is 14.5. The van der Waals surface area contributed by atoms with Crippen LogP contribution >= 0.6 is 22.7 Å². The molecular formula is C14H14F3N3O2S2. The van der Waals surface area contributed by atoms with Gasteiger partial charge >= 0.3 is 6.18 Å². The van der Waals surface area contributed by atoms with Gasteiger partial charge in [-0.2, -0.15) is 24.5 Å². The summed E-state index contributed by atoms with van der Waals surface area (Å²) >= 11 is 2.62. The fraction of sp³-hybridized carbons (Fsp3) is 0.357. The van der Waals surface area contributed by atoms with Crippen LogP contribution in [0.25, 0.3) is 10.6 Å². The van der Waals surface area contributed by atoms with Crippen LogP contribution in [-0.2, 0) is 4.79 Å². The summed E-state index contributed by atoms with van der Waals surface area (Å²) in [5.41, 5.74) is 0.702. The Kier molecular flexibility index (Phi) is 5.60. The Bertz CT molecular complexity index is 711. The second kappa shape index (κ2) is 7.31. The maximum Gasteiger partial charge on any atom is 0.406 e. The highest BCUT2D eigenvalue weighted by atomic mass is 32.1. The number of thiophene rings is 1. The largest absolute Gasteiger partial charge is 0.406 e. The molecule has 2 rings (SSSR count). The minimum absolute atomic E-state index is 0.1000. The standard InChI is InChI=1S/C14H14F3N3O2S2/c1-19(2)11(21)5-20(8-14(15,16)17)13(22)10-7-24-12(18-10)9-3-4-23-6-9/h3-4,6-7H,5,8H2,1-2H3. The molecule has 0 aliphatic rings. The number of alkyl halides is 3. The summed E-state index contributed by atoms with van der Waals surface area (Å²) in [4.78, 5) is 29.8. The summed E-state index contributed by atoms with van der Waals surface area (Å²) in [5, 5.41) is 5.62. The second-order valence-corrected chi connectivity index (χ2v) is 6.75. The first-order valence-electron chi connectivity index (χ1n) is 6.71. The minimum atomic E-state index is -4.60. The Labute approximate surface area is 144 Å². The lowest BCUT2D eigenvalue weighted by Gasteiger charge is -2.24. The maximum atomic E-state index is 12.7. The monoisotopic (exact) mass is 377 g/mol. The number of thiazole rings is 1. The Morgan fingerprint density at radius 1 is 1.25 bits per heavy atom. The maximum absolute atomic E-state index is 12.7. The minimum Gasteiger partial charge on any atom is -0.347 e. The van der Waals surface area contributed by atoms with Gasteiger partial charge in [0.1, 0.15) is 23.8 Å². The quantitative estimate of drug-likeness (QED) is 0.805. The summed E-state index contributed by atoms with van der Waals surface area (Å²) in [6.45, 7) is -2.16. The van der Waals surface area contributed by atoms with E-state index in [9.17, 15) is 22.8 Å². The molecule has 10 heteroatoms. The Balaban J connectivity index is 2.21. The Morgan fingerprint density at radius 3 is 2.50 bits per heavy atom. The van der Waals surface area contributed by atoms with Crippen molar-refractivity contribution >= 4 is 34.5 Å². The van der Waals surface area contributed by atoms with Crippen molar-refractivity contribution in [2.45, 2.75) is 6.18 Å². The van der Waals surface area contributed by atoms with Crippen LogP contribution in [0.3, 0.4) is 0 Å². The highest BCUT2D eigenvalue weighted by Crippen LogP contribution is 2.26. The first kappa shape index (κ1) is 18.4. The molecule has 0 aromatic carbocycles. The molecule has 0 radical (unpaired) electrons. The van der Waals surface area contributed by atoms with Crippen molar-refractivity contribution in [3.63, 3.8) is 0 Å². The van der Waals surface area contributed by atoms with Gasteiger partial charge in [-0.25, -0.2) is 4.98 Å². The number of rotatable bonds is 5. The van der Waals surface area contributed by atoms with Gasteiger partial charge in [0.05, 0.1) is 0 Å². The van der Waals surface area contributed by atoms with Gasteiger partial charge in [-0.05, 0) is 11.4 Å². The highest BCUT2D eigenvalue weighted by Gasteiger charge is 2.35. The molecular weight excluding hydrogens is 363 g/mol. The van der Waals surface area contributed by atoms with Gasteiger partial charge in [-0.3, -0.25) is 9.59 Å². The SMILES string of the molecule is CN(C)C(=O)CN(CC(F)(F)F)C(=O)c1csc(-c2ccsc2)n1. The summed E-state index contributed by atoms with van der Waals surface area (Å²) in [6, 6.07) is 1.81. The number of likely N-dealkylation sites (N-methyl/N-ethyl adjacent to an activating group) is 1. The number of nitrogens with zero attached hydrogens (tertiary/aromatic N) is 3. The summed E-state index contributed by atoms with van der Waals surface area (Å²) in [7, 11) is 2.83. The predicted octanol–water partition coefficient (Wildman–Crippen LogP) is 2.96. The number of hydrogen-bond acceptors (Lipinski definition) is 5. The number of aromatic nitrogens is 1. The van der Waals surface area contributed by atoms with E-state index in [1.807, 2.05) is 10.8 Å². The van der Waals surface area contributed by atoms with Gasteiger partial charge in [0.2, 0.25) is 5.91 Å². The van der Waals surface area contributed by atoms with Gasteiger partial charge in [0, 0.05) is 30.4 Å². The fourth-order valence-electron chi connectivity index (χ4n) is 1.77. The molecule has 2 amide bonds. The first-order valence-corrected chi connectivity index (χ1v) is 8.54. The Hall–Kier alpha value is -1.94. The van der Waals surface area contributed by atoms with Gasteiger partial charge in [-0.1, -0.05) is 0 Å². The average molecular weight is 377 g/mol. The van der Waals surface area contributed by atoms with Crippen molar-refractivity contribution in [1.82, 2.24) is 14.8 Å². The van der Waals surface area contributed by atoms with E-state index in [0.29, 0.717) is 9.91 Å². The van der Waals surface area contributed by atoms with E-state index in [1.165, 1.54) is 42.1 Å². The zero-order chi connectivity index (χ0) is 17.9. The van der Waals surface area contributed by atoms with E-state index in [2.05, 4.69) is 4.98 Å².